The van der Waals surface area contributed by atoms with E-state index in [9.17, 15) is 4.79 Å². The zero-order valence-electron chi connectivity index (χ0n) is 19.6. The number of aromatic nitrogens is 1. The first-order valence-corrected chi connectivity index (χ1v) is 10.7. The van der Waals surface area contributed by atoms with E-state index in [0.29, 0.717) is 6.42 Å². The highest BCUT2D eigenvalue weighted by molar-refractivity contribution is 6.62. The number of hydrogen-bond acceptors (Lipinski definition) is 6. The van der Waals surface area contributed by atoms with Gasteiger partial charge in [0.25, 0.3) is 0 Å². The molecule has 30 heavy (non-hydrogen) atoms. The van der Waals surface area contributed by atoms with Gasteiger partial charge in [0, 0.05) is 30.3 Å². The van der Waals surface area contributed by atoms with Gasteiger partial charge in [0.15, 0.2) is 0 Å². The molecule has 1 atom stereocenters. The van der Waals surface area contributed by atoms with Crippen molar-refractivity contribution in [2.45, 2.75) is 97.5 Å². The van der Waals surface area contributed by atoms with E-state index in [1.807, 2.05) is 60.7 Å². The molecule has 7 nitrogen and oxygen atoms in total. The monoisotopic (exact) mass is 417 g/mol. The van der Waals surface area contributed by atoms with Crippen molar-refractivity contribution in [3.8, 4) is 0 Å². The average molecular weight is 417 g/mol. The molecule has 1 aromatic rings. The number of hydrogen-bond donors (Lipinski definition) is 1. The zero-order chi connectivity index (χ0) is 22.6. The number of aliphatic imine (C=N–C) groups is 1. The Hall–Kier alpha value is -1.93. The van der Waals surface area contributed by atoms with Crippen molar-refractivity contribution in [2.24, 2.45) is 4.99 Å². The molecular weight excluding hydrogens is 381 g/mol. The minimum Gasteiger partial charge on any atom is -0.444 e. The summed E-state index contributed by atoms with van der Waals surface area (Å²) in [7, 11) is -0.473. The zero-order valence-corrected chi connectivity index (χ0v) is 19.6. The molecule has 0 aromatic carbocycles. The van der Waals surface area contributed by atoms with Crippen molar-refractivity contribution >= 4 is 30.6 Å². The lowest BCUT2D eigenvalue weighted by atomic mass is 9.80. The summed E-state index contributed by atoms with van der Waals surface area (Å²) in [5, 5.41) is 2.93. The number of amides is 1. The number of rotatable bonds is 7. The minimum atomic E-state index is -0.519. The van der Waals surface area contributed by atoms with Gasteiger partial charge in [0.2, 0.25) is 0 Å². The molecule has 2 heterocycles. The van der Waals surface area contributed by atoms with Crippen molar-refractivity contribution in [3.05, 3.63) is 18.5 Å². The van der Waals surface area contributed by atoms with E-state index >= 15 is 0 Å². The van der Waals surface area contributed by atoms with Crippen LogP contribution >= 0.6 is 0 Å². The maximum atomic E-state index is 12.1. The van der Waals surface area contributed by atoms with Gasteiger partial charge in [0.1, 0.15) is 5.60 Å². The fourth-order valence-electron chi connectivity index (χ4n) is 2.98. The lowest BCUT2D eigenvalue weighted by Gasteiger charge is -2.32. The van der Waals surface area contributed by atoms with Gasteiger partial charge in [-0.1, -0.05) is 13.3 Å². The standard InChI is InChI=1S/C22H36BN3O4/c1-9-10-17(26-19(27)28-20(2,3)4)11-12-25-18-13-16(14-24-15-18)23-29-21(5,6)22(7,8)30-23/h12-15,17H,9-11H2,1-8H3,(H,26,27)/b25-12+. The summed E-state index contributed by atoms with van der Waals surface area (Å²) < 4.78 is 17.5. The molecular formula is C22H36BN3O4. The van der Waals surface area contributed by atoms with E-state index in [-0.39, 0.29) is 6.04 Å². The Morgan fingerprint density at radius 1 is 1.27 bits per heavy atom. The molecule has 1 aliphatic heterocycles. The van der Waals surface area contributed by atoms with Crippen LogP contribution in [0.2, 0.25) is 0 Å². The Balaban J connectivity index is 2.00. The number of ether oxygens (including phenoxy) is 1. The molecule has 0 aliphatic carbocycles. The Bertz CT molecular complexity index is 743. The van der Waals surface area contributed by atoms with Gasteiger partial charge < -0.3 is 19.4 Å². The second kappa shape index (κ2) is 9.48. The van der Waals surface area contributed by atoms with E-state index in [1.54, 1.807) is 12.4 Å². The van der Waals surface area contributed by atoms with Crippen molar-refractivity contribution in [1.29, 1.82) is 0 Å². The normalized spacial score (nSPS) is 19.1. The highest BCUT2D eigenvalue weighted by atomic mass is 16.7. The van der Waals surface area contributed by atoms with Gasteiger partial charge in [-0.2, -0.15) is 0 Å². The average Bonchev–Trinajstić information content (AvgIpc) is 2.81. The van der Waals surface area contributed by atoms with Gasteiger partial charge in [-0.15, -0.1) is 0 Å². The minimum absolute atomic E-state index is 0.0344. The molecule has 1 fully saturated rings. The number of alkyl carbamates (subject to hydrolysis) is 1. The van der Waals surface area contributed by atoms with Crippen LogP contribution in [0.25, 0.3) is 0 Å². The fraction of sp³-hybridized carbons (Fsp3) is 0.682. The molecule has 1 amide bonds. The fourth-order valence-corrected chi connectivity index (χ4v) is 2.98. The predicted molar refractivity (Wildman–Crippen MR) is 121 cm³/mol. The highest BCUT2D eigenvalue weighted by Gasteiger charge is 2.51. The number of pyridine rings is 1. The van der Waals surface area contributed by atoms with Gasteiger partial charge >= 0.3 is 13.2 Å². The summed E-state index contributed by atoms with van der Waals surface area (Å²) in [4.78, 5) is 20.9. The smallest absolute Gasteiger partial charge is 0.444 e. The lowest BCUT2D eigenvalue weighted by Crippen LogP contribution is -2.41. The Morgan fingerprint density at radius 3 is 2.47 bits per heavy atom. The molecule has 0 spiro atoms. The van der Waals surface area contributed by atoms with Crippen LogP contribution in [-0.4, -0.2) is 47.3 Å². The van der Waals surface area contributed by atoms with Crippen LogP contribution in [0.5, 0.6) is 0 Å². The molecule has 2 rings (SSSR count). The predicted octanol–water partition coefficient (Wildman–Crippen LogP) is 4.17. The molecule has 1 N–H and O–H groups in total. The summed E-state index contributed by atoms with van der Waals surface area (Å²) in [6, 6.07) is 1.88. The second-order valence-electron chi connectivity index (χ2n) is 9.74. The quantitative estimate of drug-likeness (QED) is 0.532. The third-order valence-electron chi connectivity index (χ3n) is 5.26. The first-order chi connectivity index (χ1) is 13.8. The SMILES string of the molecule is CCCC(C/C=N/c1cncc(B2OC(C)(C)C(C)(C)O2)c1)NC(=O)OC(C)(C)C. The lowest BCUT2D eigenvalue weighted by molar-refractivity contribution is 0.00578. The van der Waals surface area contributed by atoms with E-state index in [1.165, 1.54) is 0 Å². The highest BCUT2D eigenvalue weighted by Crippen LogP contribution is 2.36. The Labute approximate surface area is 181 Å². The van der Waals surface area contributed by atoms with E-state index in [0.717, 1.165) is 24.0 Å². The number of carbonyl (C=O) groups excluding carboxylic acids is 1. The summed E-state index contributed by atoms with van der Waals surface area (Å²) in [5.41, 5.74) is 0.221. The van der Waals surface area contributed by atoms with Crippen molar-refractivity contribution < 1.29 is 18.8 Å². The van der Waals surface area contributed by atoms with E-state index in [2.05, 4.69) is 22.2 Å². The maximum Gasteiger partial charge on any atom is 0.496 e. The van der Waals surface area contributed by atoms with Gasteiger partial charge in [0.05, 0.1) is 23.1 Å². The largest absolute Gasteiger partial charge is 0.496 e. The summed E-state index contributed by atoms with van der Waals surface area (Å²) in [6.07, 6.45) is 7.24. The summed E-state index contributed by atoms with van der Waals surface area (Å²) in [6.45, 7) is 15.7. The van der Waals surface area contributed by atoms with Crippen LogP contribution in [0.3, 0.4) is 0 Å². The number of nitrogens with one attached hydrogen (secondary N) is 1. The molecule has 1 aromatic heterocycles. The summed E-state index contributed by atoms with van der Waals surface area (Å²) >= 11 is 0. The first kappa shape index (κ1) is 24.3. The van der Waals surface area contributed by atoms with Crippen LogP contribution < -0.4 is 10.8 Å². The molecule has 1 unspecified atom stereocenters. The Kier molecular flexibility index (Phi) is 7.69. The van der Waals surface area contributed by atoms with Crippen LogP contribution in [0.15, 0.2) is 23.5 Å². The molecule has 1 saturated heterocycles. The van der Waals surface area contributed by atoms with Crippen molar-refractivity contribution in [3.63, 3.8) is 0 Å². The molecule has 0 bridgehead atoms. The second-order valence-corrected chi connectivity index (χ2v) is 9.74. The molecule has 0 radical (unpaired) electrons. The number of carbonyl (C=O) groups is 1. The first-order valence-electron chi connectivity index (χ1n) is 10.7. The van der Waals surface area contributed by atoms with Crippen molar-refractivity contribution in [1.82, 2.24) is 10.3 Å². The van der Waals surface area contributed by atoms with Gasteiger partial charge in [-0.25, -0.2) is 4.79 Å². The van der Waals surface area contributed by atoms with Crippen LogP contribution in [-0.2, 0) is 14.0 Å². The molecule has 166 valence electrons. The third kappa shape index (κ3) is 6.81. The maximum absolute atomic E-state index is 12.1. The van der Waals surface area contributed by atoms with Crippen LogP contribution in [0.4, 0.5) is 10.5 Å². The molecule has 8 heteroatoms. The van der Waals surface area contributed by atoms with E-state index in [4.69, 9.17) is 14.0 Å². The van der Waals surface area contributed by atoms with E-state index < -0.39 is 30.0 Å². The van der Waals surface area contributed by atoms with Crippen LogP contribution in [0.1, 0.15) is 74.7 Å². The van der Waals surface area contributed by atoms with Crippen LogP contribution in [0, 0.1) is 0 Å². The van der Waals surface area contributed by atoms with Gasteiger partial charge in [-0.3, -0.25) is 9.98 Å². The van der Waals surface area contributed by atoms with Gasteiger partial charge in [-0.05, 0) is 61.0 Å². The number of nitrogens with zero attached hydrogens (tertiary/aromatic N) is 2. The third-order valence-corrected chi connectivity index (χ3v) is 5.26. The summed E-state index contributed by atoms with van der Waals surface area (Å²) in [5.74, 6) is 0. The van der Waals surface area contributed by atoms with Crippen molar-refractivity contribution in [2.75, 3.05) is 0 Å². The molecule has 1 aliphatic rings. The molecule has 0 saturated carbocycles. The Morgan fingerprint density at radius 2 is 1.90 bits per heavy atom. The topological polar surface area (TPSA) is 82.0 Å².